The summed E-state index contributed by atoms with van der Waals surface area (Å²) in [5.74, 6) is 3.88. The van der Waals surface area contributed by atoms with Gasteiger partial charge in [-0.2, -0.15) is 15.3 Å². The Morgan fingerprint density at radius 3 is 1.50 bits per heavy atom. The van der Waals surface area contributed by atoms with Gasteiger partial charge in [0.2, 0.25) is 0 Å². The van der Waals surface area contributed by atoms with Crippen LogP contribution in [0.1, 0.15) is 117 Å². The Hall–Kier alpha value is -13.2. The highest BCUT2D eigenvalue weighted by Crippen LogP contribution is 2.54. The first-order valence-corrected chi connectivity index (χ1v) is 40.6. The highest BCUT2D eigenvalue weighted by molar-refractivity contribution is 6.32. The van der Waals surface area contributed by atoms with E-state index in [1.165, 1.54) is 12.1 Å². The predicted octanol–water partition coefficient (Wildman–Crippen LogP) is 16.3. The first-order chi connectivity index (χ1) is 58.3. The van der Waals surface area contributed by atoms with Crippen molar-refractivity contribution in [1.82, 2.24) is 63.6 Å². The van der Waals surface area contributed by atoms with Crippen LogP contribution in [0, 0.1) is 5.82 Å². The number of para-hydroxylation sites is 4. The third kappa shape index (κ3) is 13.9. The van der Waals surface area contributed by atoms with Crippen LogP contribution in [0.5, 0.6) is 40.2 Å². The first kappa shape index (κ1) is 78.0. The van der Waals surface area contributed by atoms with Crippen LogP contribution in [0.25, 0.3) is 50.8 Å². The van der Waals surface area contributed by atoms with Crippen LogP contribution in [0.3, 0.4) is 0 Å². The van der Waals surface area contributed by atoms with Crippen molar-refractivity contribution in [1.29, 1.82) is 0 Å². The zero-order chi connectivity index (χ0) is 82.8. The number of rotatable bonds is 7. The Bertz CT molecular complexity index is 6110. The molecule has 0 radical (unpaired) electrons. The van der Waals surface area contributed by atoms with E-state index in [0.29, 0.717) is 154 Å². The predicted molar refractivity (Wildman–Crippen MR) is 447 cm³/mol. The molecule has 6 aromatic heterocycles. The van der Waals surface area contributed by atoms with E-state index >= 15 is 0 Å². The van der Waals surface area contributed by atoms with E-state index in [-0.39, 0.29) is 47.2 Å². The number of aryl methyl sites for hydroxylation is 3. The lowest BCUT2D eigenvalue weighted by molar-refractivity contribution is -0.00945. The molecule has 28 heteroatoms. The van der Waals surface area contributed by atoms with Gasteiger partial charge in [0.15, 0.2) is 17.1 Å². The van der Waals surface area contributed by atoms with E-state index in [0.717, 1.165) is 79.1 Å². The molecule has 0 bridgehead atoms. The highest BCUT2D eigenvalue weighted by atomic mass is 35.5. The summed E-state index contributed by atoms with van der Waals surface area (Å²) in [4.78, 5) is 63.5. The number of aromatic hydroxyl groups is 1. The fourth-order valence-electron chi connectivity index (χ4n) is 18.1. The number of halogens is 3. The molecule has 14 heterocycles. The summed E-state index contributed by atoms with van der Waals surface area (Å²) in [5.41, 5.74) is 11.6. The Kier molecular flexibility index (Phi) is 20.5. The van der Waals surface area contributed by atoms with Crippen molar-refractivity contribution in [2.75, 3.05) is 66.6 Å². The average Bonchev–Trinajstić information content (AvgIpc) is 1.69. The molecular formula is C92H86Cl2FN13O12. The van der Waals surface area contributed by atoms with Gasteiger partial charge >= 0.3 is 0 Å². The summed E-state index contributed by atoms with van der Waals surface area (Å²) in [7, 11) is 8.89. The molecular weight excluding hydrogens is 1570 g/mol. The molecule has 0 saturated carbocycles. The number of phenols is 1. The zero-order valence-electron chi connectivity index (χ0n) is 66.5. The lowest BCUT2D eigenvalue weighted by Crippen LogP contribution is -2.50. The number of piperidine rings is 4. The van der Waals surface area contributed by atoms with Gasteiger partial charge in [0.25, 0.3) is 23.6 Å². The summed E-state index contributed by atoms with van der Waals surface area (Å²) >= 11 is 12.2. The van der Waals surface area contributed by atoms with Crippen LogP contribution in [-0.2, 0) is 43.5 Å². The van der Waals surface area contributed by atoms with Gasteiger partial charge in [0.1, 0.15) is 62.9 Å². The number of methoxy groups -OCH3 is 2. The fourth-order valence-corrected chi connectivity index (χ4v) is 18.4. The Morgan fingerprint density at radius 1 is 0.458 bits per heavy atom. The van der Waals surface area contributed by atoms with Crippen LogP contribution >= 0.6 is 23.2 Å². The molecule has 4 amide bonds. The minimum absolute atomic E-state index is 0. The number of aromatic nitrogens is 9. The maximum Gasteiger partial charge on any atom is 0.276 e. The van der Waals surface area contributed by atoms with Crippen LogP contribution in [0.15, 0.2) is 224 Å². The lowest BCUT2D eigenvalue weighted by Gasteiger charge is -2.45. The Labute approximate surface area is 702 Å². The molecule has 21 rings (SSSR count). The number of hydrogen-bond donors (Lipinski definition) is 1. The van der Waals surface area contributed by atoms with E-state index in [9.17, 15) is 28.7 Å². The van der Waals surface area contributed by atoms with Gasteiger partial charge in [-0.15, -0.1) is 0 Å². The van der Waals surface area contributed by atoms with Crippen molar-refractivity contribution in [3.63, 3.8) is 0 Å². The molecule has 1 N–H and O–H groups in total. The van der Waals surface area contributed by atoms with E-state index in [1.807, 2.05) is 167 Å². The summed E-state index contributed by atoms with van der Waals surface area (Å²) in [6, 6.07) is 55.6. The van der Waals surface area contributed by atoms with Gasteiger partial charge in [-0.1, -0.05) is 101 Å². The van der Waals surface area contributed by atoms with Gasteiger partial charge in [0, 0.05) is 195 Å². The van der Waals surface area contributed by atoms with Crippen LogP contribution in [-0.4, -0.2) is 159 Å². The molecule has 13 aromatic rings. The minimum Gasteiger partial charge on any atom is -0.506 e. The number of carbonyl (C=O) groups excluding carboxylic acids is 4. The SMILES string of the molecule is COc1ccccc1C(=O)N1CCC2(CC1)Oc1ccc(F)cc1-c1c2cnn1C.COc1cnccc1C(=O)N1CCC2(CC1)Oc1ccccc1-c1c2cnn1C.Cn1ncc2c1-c1ccccc1OC21CCN(C(=O)c2cc(-c3ccccc3)on2)CC1.O=C(c1cccc(Cl)c1O)N1CCC2(CC1)Oc1cc(Cl)ccc1-n1cccc12.[HH]. The fraction of sp³-hybridized carbons (Fsp3) is 0.272. The average molecular weight is 1660 g/mol. The molecule has 25 nitrogen and oxygen atoms in total. The normalized spacial score (nSPS) is 16.6. The molecule has 8 aliphatic rings. The van der Waals surface area contributed by atoms with Crippen molar-refractivity contribution in [2.45, 2.75) is 73.8 Å². The largest absolute Gasteiger partial charge is 0.506 e. The van der Waals surface area contributed by atoms with Gasteiger partial charge < -0.3 is 62.2 Å². The zero-order valence-corrected chi connectivity index (χ0v) is 68.0. The summed E-state index contributed by atoms with van der Waals surface area (Å²) in [6.45, 7) is 4.44. The van der Waals surface area contributed by atoms with Gasteiger partial charge in [0.05, 0.1) is 89.2 Å². The highest BCUT2D eigenvalue weighted by Gasteiger charge is 2.51. The maximum absolute atomic E-state index is 13.9. The molecule has 4 saturated heterocycles. The van der Waals surface area contributed by atoms with E-state index in [1.54, 1.807) is 90.9 Å². The molecule has 0 atom stereocenters. The summed E-state index contributed by atoms with van der Waals surface area (Å²) in [6.07, 6.45) is 16.2. The van der Waals surface area contributed by atoms with E-state index in [2.05, 4.69) is 48.2 Å². The van der Waals surface area contributed by atoms with Gasteiger partial charge in [-0.25, -0.2) is 4.39 Å². The van der Waals surface area contributed by atoms with E-state index in [4.69, 9.17) is 56.1 Å². The number of benzene rings is 7. The minimum atomic E-state index is -0.577. The Morgan fingerprint density at radius 2 is 0.933 bits per heavy atom. The third-order valence-electron chi connectivity index (χ3n) is 24.4. The lowest BCUT2D eigenvalue weighted by atomic mass is 9.81. The summed E-state index contributed by atoms with van der Waals surface area (Å²) < 4.78 is 63.8. The molecule has 120 heavy (non-hydrogen) atoms. The number of fused-ring (bicyclic) bond motifs is 16. The Balaban J connectivity index is 0.000000115. The molecule has 4 fully saturated rings. The van der Waals surface area contributed by atoms with Gasteiger partial charge in [-0.3, -0.25) is 38.2 Å². The number of carbonyl (C=O) groups is 4. The molecule has 8 aliphatic heterocycles. The number of nitrogens with zero attached hydrogens (tertiary/aromatic N) is 13. The number of likely N-dealkylation sites (tertiary alicyclic amines) is 4. The number of pyridine rings is 1. The molecule has 7 aromatic carbocycles. The van der Waals surface area contributed by atoms with Crippen molar-refractivity contribution in [2.24, 2.45) is 21.1 Å². The standard InChI is InChI=1S/C25H22N4O3.C23H22FN3O3.C22H18Cl2N2O3.C22H22N4O3.H2/c1-28-23-18-9-5-6-10-21(18)31-25(19(23)16-26-28)11-13-29(14-12-25)24(30)20-15-22(32-27-20)17-7-3-2-4-8-17;1-26-21-17-13-15(24)7-8-20(17)30-23(18(21)14-25-26)9-11-27(12-10-23)22(28)16-5-3-4-6-19(16)29-2;23-14-6-7-17-18(13-14)29-22(19-5-2-10-26(17)19)8-11-25(12-9-22)21(28)15-3-1-4-16(24)20(15)27;1-25-20-15-5-3-4-6-18(15)29-22(17(20)13-24-25)8-11-26(12-9-22)21(27)16-7-10-23-14-19(16)28-2;/h2-10,15-16H,11-14H2,1H3;3-8,13-14H,9-12H2,1-2H3;1-7,10,13,27H,8-9,11-12H2;3-7,10,13-14H,8-9,11-12H2,1-2H3;1H. The van der Waals surface area contributed by atoms with Crippen molar-refractivity contribution >= 4 is 46.8 Å². The number of ether oxygens (including phenoxy) is 6. The van der Waals surface area contributed by atoms with Gasteiger partial charge in [-0.05, 0) is 97.1 Å². The smallest absolute Gasteiger partial charge is 0.276 e. The number of phenolic OH excluding ortho intramolecular Hbond substituents is 1. The summed E-state index contributed by atoms with van der Waals surface area (Å²) in [5, 5.41) is 28.4. The second-order valence-electron chi connectivity index (χ2n) is 31.0. The maximum atomic E-state index is 13.9. The molecule has 4 spiro atoms. The van der Waals surface area contributed by atoms with E-state index < -0.39 is 22.4 Å². The van der Waals surface area contributed by atoms with Crippen molar-refractivity contribution in [3.8, 4) is 91.0 Å². The van der Waals surface area contributed by atoms with Crippen molar-refractivity contribution in [3.05, 3.63) is 280 Å². The second-order valence-corrected chi connectivity index (χ2v) is 31.9. The van der Waals surface area contributed by atoms with Crippen LogP contribution in [0.2, 0.25) is 10.0 Å². The quantitative estimate of drug-likeness (QED) is 0.156. The number of amides is 4. The second kappa shape index (κ2) is 31.6. The first-order valence-electron chi connectivity index (χ1n) is 39.9. The number of hydrogen-bond acceptors (Lipinski definition) is 17. The third-order valence-corrected chi connectivity index (χ3v) is 24.9. The molecule has 612 valence electrons. The molecule has 0 aliphatic carbocycles. The van der Waals surface area contributed by atoms with Crippen LogP contribution < -0.4 is 28.4 Å². The van der Waals surface area contributed by atoms with Crippen molar-refractivity contribution < 1.29 is 63.0 Å². The topological polar surface area (TPSA) is 254 Å². The van der Waals surface area contributed by atoms with Crippen LogP contribution in [0.4, 0.5) is 4.39 Å². The monoisotopic (exact) mass is 1650 g/mol. The molecule has 0 unspecified atom stereocenters.